The van der Waals surface area contributed by atoms with Crippen LogP contribution in [0.15, 0.2) is 44.3 Å². The highest BCUT2D eigenvalue weighted by molar-refractivity contribution is 9.10. The fourth-order valence-corrected chi connectivity index (χ4v) is 2.38. The van der Waals surface area contributed by atoms with Crippen molar-refractivity contribution in [3.8, 4) is 0 Å². The number of nitrogens with zero attached hydrogens (tertiary/aromatic N) is 1. The standard InChI is InChI=1S/C10H8BrNO3S/c11-9-3-1-2-8(4-9)6-15-10-5-12-16(13,14)7-10/h1-5,7H,6H2. The predicted octanol–water partition coefficient (Wildman–Crippen LogP) is 2.22. The second-order valence-electron chi connectivity index (χ2n) is 3.19. The summed E-state index contributed by atoms with van der Waals surface area (Å²) in [5, 5.41) is 1.00. The predicted molar refractivity (Wildman–Crippen MR) is 64.4 cm³/mol. The molecule has 0 N–H and O–H groups in total. The summed E-state index contributed by atoms with van der Waals surface area (Å²) >= 11 is 3.34. The Bertz CT molecular complexity index is 563. The third kappa shape index (κ3) is 2.93. The quantitative estimate of drug-likeness (QED) is 0.860. The molecule has 6 heteroatoms. The normalized spacial score (nSPS) is 17.2. The third-order valence-corrected chi connectivity index (χ3v) is 3.31. The Morgan fingerprint density at radius 3 is 2.81 bits per heavy atom. The molecule has 1 aromatic rings. The topological polar surface area (TPSA) is 55.7 Å². The molecule has 0 atom stereocenters. The van der Waals surface area contributed by atoms with E-state index in [0.717, 1.165) is 15.4 Å². The number of hydrogen-bond acceptors (Lipinski definition) is 3. The number of rotatable bonds is 3. The van der Waals surface area contributed by atoms with E-state index < -0.39 is 10.0 Å². The molecular formula is C10H8BrNO3S. The van der Waals surface area contributed by atoms with Crippen molar-refractivity contribution in [1.82, 2.24) is 0 Å². The van der Waals surface area contributed by atoms with Gasteiger partial charge in [-0.05, 0) is 17.7 Å². The molecule has 1 aliphatic rings. The lowest BCUT2D eigenvalue weighted by molar-refractivity contribution is 0.220. The summed E-state index contributed by atoms with van der Waals surface area (Å²) in [6.45, 7) is 0.312. The van der Waals surface area contributed by atoms with Crippen molar-refractivity contribution in [3.63, 3.8) is 0 Å². The minimum Gasteiger partial charge on any atom is -0.486 e. The van der Waals surface area contributed by atoms with Crippen LogP contribution in [0.5, 0.6) is 0 Å². The van der Waals surface area contributed by atoms with Crippen molar-refractivity contribution < 1.29 is 13.2 Å². The summed E-state index contributed by atoms with van der Waals surface area (Å²) in [5.41, 5.74) is 0.952. The molecule has 0 saturated carbocycles. The Kier molecular flexibility index (Phi) is 3.11. The van der Waals surface area contributed by atoms with E-state index in [-0.39, 0.29) is 5.76 Å². The third-order valence-electron chi connectivity index (χ3n) is 1.89. The number of allylic oxidation sites excluding steroid dienone is 1. The van der Waals surface area contributed by atoms with Crippen LogP contribution < -0.4 is 0 Å². The summed E-state index contributed by atoms with van der Waals surface area (Å²) in [5.74, 6) is 0.264. The first-order chi connectivity index (χ1) is 7.55. The van der Waals surface area contributed by atoms with E-state index in [1.54, 1.807) is 0 Å². The molecule has 1 aliphatic heterocycles. The molecule has 0 fully saturated rings. The van der Waals surface area contributed by atoms with E-state index in [4.69, 9.17) is 4.74 Å². The Morgan fingerprint density at radius 2 is 2.19 bits per heavy atom. The zero-order chi connectivity index (χ0) is 11.6. The first kappa shape index (κ1) is 11.3. The van der Waals surface area contributed by atoms with Crippen molar-refractivity contribution in [2.24, 2.45) is 4.40 Å². The maximum Gasteiger partial charge on any atom is 0.279 e. The molecule has 0 spiro atoms. The highest BCUT2D eigenvalue weighted by Crippen LogP contribution is 2.15. The molecule has 0 unspecified atom stereocenters. The minimum atomic E-state index is -3.43. The smallest absolute Gasteiger partial charge is 0.279 e. The molecule has 0 bridgehead atoms. The minimum absolute atomic E-state index is 0.264. The van der Waals surface area contributed by atoms with Crippen molar-refractivity contribution in [3.05, 3.63) is 45.5 Å². The van der Waals surface area contributed by atoms with Gasteiger partial charge in [-0.1, -0.05) is 28.1 Å². The number of ether oxygens (including phenoxy) is 1. The zero-order valence-electron chi connectivity index (χ0n) is 8.13. The van der Waals surface area contributed by atoms with Gasteiger partial charge in [0.15, 0.2) is 5.76 Å². The van der Waals surface area contributed by atoms with Gasteiger partial charge in [-0.2, -0.15) is 12.8 Å². The van der Waals surface area contributed by atoms with Crippen LogP contribution in [0, 0.1) is 0 Å². The maximum absolute atomic E-state index is 10.9. The summed E-state index contributed by atoms with van der Waals surface area (Å²) in [7, 11) is -3.43. The molecule has 0 aromatic heterocycles. The molecule has 1 heterocycles. The van der Waals surface area contributed by atoms with Crippen molar-refractivity contribution in [2.45, 2.75) is 6.61 Å². The van der Waals surface area contributed by atoms with Crippen LogP contribution in [0.4, 0.5) is 0 Å². The van der Waals surface area contributed by atoms with Crippen LogP contribution in [-0.4, -0.2) is 14.6 Å². The van der Waals surface area contributed by atoms with Crippen LogP contribution in [-0.2, 0) is 21.4 Å². The number of benzene rings is 1. The highest BCUT2D eigenvalue weighted by atomic mass is 79.9. The lowest BCUT2D eigenvalue weighted by Gasteiger charge is -2.04. The SMILES string of the molecule is O=S1(=O)C=C(OCc2cccc(Br)c2)C=N1. The van der Waals surface area contributed by atoms with Crippen molar-refractivity contribution in [2.75, 3.05) is 0 Å². The molecule has 0 saturated heterocycles. The summed E-state index contributed by atoms with van der Waals surface area (Å²) in [4.78, 5) is 0. The molecule has 0 aliphatic carbocycles. The monoisotopic (exact) mass is 301 g/mol. The number of halogens is 1. The van der Waals surface area contributed by atoms with E-state index in [2.05, 4.69) is 20.3 Å². The molecule has 2 rings (SSSR count). The molecule has 1 aromatic carbocycles. The zero-order valence-corrected chi connectivity index (χ0v) is 10.5. The second kappa shape index (κ2) is 4.39. The Morgan fingerprint density at radius 1 is 1.38 bits per heavy atom. The Labute approximate surface area is 102 Å². The molecule has 0 amide bonds. The van der Waals surface area contributed by atoms with Gasteiger partial charge in [-0.25, -0.2) is 0 Å². The fraction of sp³-hybridized carbons (Fsp3) is 0.100. The van der Waals surface area contributed by atoms with Crippen LogP contribution in [0.3, 0.4) is 0 Å². The Hall–Kier alpha value is -1.14. The average molecular weight is 302 g/mol. The molecule has 4 nitrogen and oxygen atoms in total. The van der Waals surface area contributed by atoms with Crippen LogP contribution in [0.1, 0.15) is 5.56 Å². The lowest BCUT2D eigenvalue weighted by Crippen LogP contribution is -1.93. The van der Waals surface area contributed by atoms with Gasteiger partial charge in [0.25, 0.3) is 10.0 Å². The van der Waals surface area contributed by atoms with Gasteiger partial charge in [0.05, 0.1) is 11.6 Å². The van der Waals surface area contributed by atoms with Crippen LogP contribution in [0.25, 0.3) is 0 Å². The second-order valence-corrected chi connectivity index (χ2v) is 5.58. The first-order valence-corrected chi connectivity index (χ1v) is 6.74. The first-order valence-electron chi connectivity index (χ1n) is 4.44. The van der Waals surface area contributed by atoms with Gasteiger partial charge in [0, 0.05) is 4.47 Å². The van der Waals surface area contributed by atoms with Crippen LogP contribution >= 0.6 is 15.9 Å². The fourth-order valence-electron chi connectivity index (χ4n) is 1.20. The average Bonchev–Trinajstić information content (AvgIpc) is 2.56. The summed E-state index contributed by atoms with van der Waals surface area (Å²) < 4.78 is 31.4. The maximum atomic E-state index is 10.9. The summed E-state index contributed by atoms with van der Waals surface area (Å²) in [6, 6.07) is 7.59. The van der Waals surface area contributed by atoms with Crippen molar-refractivity contribution >= 4 is 32.2 Å². The number of hydrogen-bond donors (Lipinski definition) is 0. The van der Waals surface area contributed by atoms with Gasteiger partial charge >= 0.3 is 0 Å². The summed E-state index contributed by atoms with van der Waals surface area (Å²) in [6.07, 6.45) is 1.20. The van der Waals surface area contributed by atoms with Crippen molar-refractivity contribution in [1.29, 1.82) is 0 Å². The van der Waals surface area contributed by atoms with Gasteiger partial charge in [-0.15, -0.1) is 0 Å². The van der Waals surface area contributed by atoms with Gasteiger partial charge in [0.2, 0.25) is 0 Å². The van der Waals surface area contributed by atoms with E-state index in [1.807, 2.05) is 24.3 Å². The van der Waals surface area contributed by atoms with E-state index in [9.17, 15) is 8.42 Å². The van der Waals surface area contributed by atoms with Gasteiger partial charge < -0.3 is 4.74 Å². The Balaban J connectivity index is 2.02. The molecule has 84 valence electrons. The molecular weight excluding hydrogens is 294 g/mol. The largest absolute Gasteiger partial charge is 0.486 e. The van der Waals surface area contributed by atoms with Gasteiger partial charge in [0.1, 0.15) is 6.61 Å². The lowest BCUT2D eigenvalue weighted by atomic mass is 10.2. The van der Waals surface area contributed by atoms with E-state index >= 15 is 0 Å². The van der Waals surface area contributed by atoms with Crippen LogP contribution in [0.2, 0.25) is 0 Å². The molecule has 0 radical (unpaired) electrons. The van der Waals surface area contributed by atoms with Gasteiger partial charge in [-0.3, -0.25) is 0 Å². The van der Waals surface area contributed by atoms with E-state index in [1.165, 1.54) is 6.21 Å². The highest BCUT2D eigenvalue weighted by Gasteiger charge is 2.13. The molecule has 16 heavy (non-hydrogen) atoms. The van der Waals surface area contributed by atoms with E-state index in [0.29, 0.717) is 6.61 Å². The number of sulfonamides is 1.